The summed E-state index contributed by atoms with van der Waals surface area (Å²) in [7, 11) is 0. The molecule has 0 unspecified atom stereocenters. The highest BCUT2D eigenvalue weighted by Gasteiger charge is 2.13. The van der Waals surface area contributed by atoms with E-state index < -0.39 is 0 Å². The fourth-order valence-corrected chi connectivity index (χ4v) is 3.21. The highest BCUT2D eigenvalue weighted by Crippen LogP contribution is 2.33. The first kappa shape index (κ1) is 11.9. The summed E-state index contributed by atoms with van der Waals surface area (Å²) in [5.41, 5.74) is 1.04. The van der Waals surface area contributed by atoms with Gasteiger partial charge in [-0.1, -0.05) is 11.6 Å². The SMILES string of the molecule is CC(C)(C)Nc1nc(-c2ccc(Cl)s2)cs1. The van der Waals surface area contributed by atoms with Gasteiger partial charge in [0.1, 0.15) is 0 Å². The number of hydrogen-bond acceptors (Lipinski definition) is 4. The lowest BCUT2D eigenvalue weighted by atomic mass is 10.1. The second-order valence-corrected chi connectivity index (χ2v) is 7.09. The van der Waals surface area contributed by atoms with Gasteiger partial charge in [-0.3, -0.25) is 0 Å². The van der Waals surface area contributed by atoms with E-state index in [2.05, 4.69) is 36.5 Å². The lowest BCUT2D eigenvalue weighted by Crippen LogP contribution is -2.25. The Morgan fingerprint density at radius 2 is 2.06 bits per heavy atom. The number of aromatic nitrogens is 1. The molecular weight excluding hydrogens is 260 g/mol. The molecule has 2 heterocycles. The van der Waals surface area contributed by atoms with Crippen LogP contribution in [0.5, 0.6) is 0 Å². The average molecular weight is 273 g/mol. The van der Waals surface area contributed by atoms with E-state index in [1.807, 2.05) is 12.1 Å². The molecule has 0 bridgehead atoms. The Bertz CT molecular complexity index is 482. The van der Waals surface area contributed by atoms with E-state index in [9.17, 15) is 0 Å². The van der Waals surface area contributed by atoms with Crippen LogP contribution in [0, 0.1) is 0 Å². The zero-order valence-electron chi connectivity index (χ0n) is 9.37. The van der Waals surface area contributed by atoms with Crippen molar-refractivity contribution < 1.29 is 0 Å². The summed E-state index contributed by atoms with van der Waals surface area (Å²) in [6.45, 7) is 6.36. The van der Waals surface area contributed by atoms with Gasteiger partial charge in [0, 0.05) is 10.9 Å². The van der Waals surface area contributed by atoms with Crippen molar-refractivity contribution in [3.63, 3.8) is 0 Å². The molecule has 1 N–H and O–H groups in total. The Morgan fingerprint density at radius 1 is 1.31 bits per heavy atom. The quantitative estimate of drug-likeness (QED) is 0.854. The molecule has 16 heavy (non-hydrogen) atoms. The number of nitrogens with one attached hydrogen (secondary N) is 1. The average Bonchev–Trinajstić information content (AvgIpc) is 2.71. The Hall–Kier alpha value is -0.580. The summed E-state index contributed by atoms with van der Waals surface area (Å²) in [6, 6.07) is 3.90. The normalized spacial score (nSPS) is 11.8. The number of thiophene rings is 1. The standard InChI is InChI=1S/C11H13ClN2S2/c1-11(2,3)14-10-13-7(6-15-10)8-4-5-9(12)16-8/h4-6H,1-3H3,(H,13,14). The maximum Gasteiger partial charge on any atom is 0.183 e. The highest BCUT2D eigenvalue weighted by atomic mass is 35.5. The van der Waals surface area contributed by atoms with Crippen molar-refractivity contribution in [1.29, 1.82) is 0 Å². The fraction of sp³-hybridized carbons (Fsp3) is 0.364. The molecule has 5 heteroatoms. The van der Waals surface area contributed by atoms with Gasteiger partial charge in [0.05, 0.1) is 14.9 Å². The minimum Gasteiger partial charge on any atom is -0.357 e. The Balaban J connectivity index is 2.20. The van der Waals surface area contributed by atoms with Crippen molar-refractivity contribution in [3.8, 4) is 10.6 Å². The van der Waals surface area contributed by atoms with Gasteiger partial charge in [0.25, 0.3) is 0 Å². The predicted molar refractivity (Wildman–Crippen MR) is 73.8 cm³/mol. The van der Waals surface area contributed by atoms with Gasteiger partial charge in [-0.25, -0.2) is 4.98 Å². The van der Waals surface area contributed by atoms with Crippen LogP contribution in [-0.2, 0) is 0 Å². The predicted octanol–water partition coefficient (Wildman–Crippen LogP) is 4.74. The summed E-state index contributed by atoms with van der Waals surface area (Å²) in [6.07, 6.45) is 0. The maximum atomic E-state index is 5.90. The lowest BCUT2D eigenvalue weighted by molar-refractivity contribution is 0.633. The van der Waals surface area contributed by atoms with Gasteiger partial charge < -0.3 is 5.32 Å². The van der Waals surface area contributed by atoms with E-state index in [0.717, 1.165) is 20.0 Å². The van der Waals surface area contributed by atoms with E-state index in [0.29, 0.717) is 0 Å². The van der Waals surface area contributed by atoms with Gasteiger partial charge in [-0.2, -0.15) is 0 Å². The number of rotatable bonds is 2. The fourth-order valence-electron chi connectivity index (χ4n) is 1.22. The lowest BCUT2D eigenvalue weighted by Gasteiger charge is -2.19. The largest absolute Gasteiger partial charge is 0.357 e. The smallest absolute Gasteiger partial charge is 0.183 e. The number of halogens is 1. The zero-order chi connectivity index (χ0) is 11.8. The highest BCUT2D eigenvalue weighted by molar-refractivity contribution is 7.20. The molecule has 0 aliphatic rings. The van der Waals surface area contributed by atoms with Crippen LogP contribution < -0.4 is 5.32 Å². The van der Waals surface area contributed by atoms with E-state index in [-0.39, 0.29) is 5.54 Å². The van der Waals surface area contributed by atoms with Crippen LogP contribution >= 0.6 is 34.3 Å². The minimum absolute atomic E-state index is 0.0439. The third-order valence-electron chi connectivity index (χ3n) is 1.81. The second kappa shape index (κ2) is 4.35. The molecule has 0 radical (unpaired) electrons. The number of anilines is 1. The second-order valence-electron chi connectivity index (χ2n) is 4.52. The third-order valence-corrected chi connectivity index (χ3v) is 3.82. The van der Waals surface area contributed by atoms with E-state index >= 15 is 0 Å². The summed E-state index contributed by atoms with van der Waals surface area (Å²) >= 11 is 9.08. The Morgan fingerprint density at radius 3 is 2.62 bits per heavy atom. The monoisotopic (exact) mass is 272 g/mol. The van der Waals surface area contributed by atoms with E-state index in [4.69, 9.17) is 11.6 Å². The molecule has 0 atom stereocenters. The van der Waals surface area contributed by atoms with Crippen molar-refractivity contribution in [3.05, 3.63) is 21.8 Å². The molecule has 0 saturated heterocycles. The van der Waals surface area contributed by atoms with E-state index in [1.54, 1.807) is 22.7 Å². The maximum absolute atomic E-state index is 5.90. The summed E-state index contributed by atoms with van der Waals surface area (Å²) in [5, 5.41) is 6.36. The Kier molecular flexibility index (Phi) is 3.24. The molecule has 2 nitrogen and oxygen atoms in total. The minimum atomic E-state index is 0.0439. The summed E-state index contributed by atoms with van der Waals surface area (Å²) < 4.78 is 0.799. The van der Waals surface area contributed by atoms with Gasteiger partial charge >= 0.3 is 0 Å². The van der Waals surface area contributed by atoms with Crippen LogP contribution in [-0.4, -0.2) is 10.5 Å². The van der Waals surface area contributed by atoms with Crippen LogP contribution in [0.4, 0.5) is 5.13 Å². The topological polar surface area (TPSA) is 24.9 Å². The molecule has 86 valence electrons. The Labute approximate surface area is 108 Å². The summed E-state index contributed by atoms with van der Waals surface area (Å²) in [4.78, 5) is 5.65. The van der Waals surface area contributed by atoms with Gasteiger partial charge in [0.2, 0.25) is 0 Å². The van der Waals surface area contributed by atoms with Crippen molar-refractivity contribution >= 4 is 39.4 Å². The first-order chi connectivity index (χ1) is 7.44. The van der Waals surface area contributed by atoms with Gasteiger partial charge in [-0.15, -0.1) is 22.7 Å². The number of nitrogens with zero attached hydrogens (tertiary/aromatic N) is 1. The first-order valence-corrected chi connectivity index (χ1v) is 7.01. The van der Waals surface area contributed by atoms with Crippen LogP contribution in [0.15, 0.2) is 17.5 Å². The van der Waals surface area contributed by atoms with E-state index in [1.165, 1.54) is 0 Å². The molecule has 0 fully saturated rings. The van der Waals surface area contributed by atoms with Crippen molar-refractivity contribution in [2.45, 2.75) is 26.3 Å². The molecule has 2 rings (SSSR count). The number of hydrogen-bond donors (Lipinski definition) is 1. The zero-order valence-corrected chi connectivity index (χ0v) is 11.8. The van der Waals surface area contributed by atoms with Crippen LogP contribution in [0.1, 0.15) is 20.8 Å². The molecule has 0 spiro atoms. The molecular formula is C11H13ClN2S2. The third kappa shape index (κ3) is 2.97. The van der Waals surface area contributed by atoms with Gasteiger partial charge in [0.15, 0.2) is 5.13 Å². The molecule has 2 aromatic heterocycles. The summed E-state index contributed by atoms with van der Waals surface area (Å²) in [5.74, 6) is 0. The first-order valence-electron chi connectivity index (χ1n) is 4.93. The molecule has 0 aliphatic carbocycles. The molecule has 0 saturated carbocycles. The van der Waals surface area contributed by atoms with Crippen LogP contribution in [0.2, 0.25) is 4.34 Å². The molecule has 0 aromatic carbocycles. The number of thiazole rings is 1. The van der Waals surface area contributed by atoms with Gasteiger partial charge in [-0.05, 0) is 32.9 Å². The van der Waals surface area contributed by atoms with Crippen LogP contribution in [0.25, 0.3) is 10.6 Å². The molecule has 0 amide bonds. The molecule has 0 aliphatic heterocycles. The molecule has 2 aromatic rings. The van der Waals surface area contributed by atoms with Crippen molar-refractivity contribution in [1.82, 2.24) is 4.98 Å². The van der Waals surface area contributed by atoms with Crippen molar-refractivity contribution in [2.24, 2.45) is 0 Å². The van der Waals surface area contributed by atoms with Crippen LogP contribution in [0.3, 0.4) is 0 Å². The van der Waals surface area contributed by atoms with Crippen molar-refractivity contribution in [2.75, 3.05) is 5.32 Å².